The maximum Gasteiger partial charge on any atom is 0.145 e. The third kappa shape index (κ3) is 9.64. The summed E-state index contributed by atoms with van der Waals surface area (Å²) in [6, 6.07) is 0. The smallest absolute Gasteiger partial charge is 0.145 e. The van der Waals surface area contributed by atoms with Crippen molar-refractivity contribution in [3.8, 4) is 0 Å². The fourth-order valence-electron chi connectivity index (χ4n) is 0.886. The second kappa shape index (κ2) is 9.12. The van der Waals surface area contributed by atoms with Gasteiger partial charge in [0.25, 0.3) is 0 Å². The van der Waals surface area contributed by atoms with E-state index in [9.17, 15) is 4.79 Å². The highest BCUT2D eigenvalue weighted by atomic mass is 16.5. The lowest BCUT2D eigenvalue weighted by molar-refractivity contribution is -0.113. The summed E-state index contributed by atoms with van der Waals surface area (Å²) in [7, 11) is 2.11. The SMILES string of the molecule is CC(C)OCC=O.CN1CCOCC1. The molecule has 0 atom stereocenters. The van der Waals surface area contributed by atoms with E-state index >= 15 is 0 Å². The van der Waals surface area contributed by atoms with E-state index in [2.05, 4.69) is 11.9 Å². The maximum absolute atomic E-state index is 9.58. The molecule has 1 aliphatic heterocycles. The number of morpholine rings is 1. The molecule has 0 aromatic carbocycles. The number of ether oxygens (including phenoxy) is 2. The van der Waals surface area contributed by atoms with Crippen LogP contribution >= 0.6 is 0 Å². The van der Waals surface area contributed by atoms with Gasteiger partial charge in [0.1, 0.15) is 12.9 Å². The third-order valence-corrected chi connectivity index (χ3v) is 1.73. The van der Waals surface area contributed by atoms with Crippen LogP contribution in [-0.2, 0) is 14.3 Å². The summed E-state index contributed by atoms with van der Waals surface area (Å²) in [5.74, 6) is 0. The Kier molecular flexibility index (Phi) is 8.83. The zero-order valence-electron chi connectivity index (χ0n) is 9.36. The predicted molar refractivity (Wildman–Crippen MR) is 55.5 cm³/mol. The van der Waals surface area contributed by atoms with Gasteiger partial charge in [-0.2, -0.15) is 0 Å². The molecule has 0 spiro atoms. The monoisotopic (exact) mass is 203 g/mol. The third-order valence-electron chi connectivity index (χ3n) is 1.73. The predicted octanol–water partition coefficient (Wildman–Crippen LogP) is 0.559. The molecule has 0 aliphatic carbocycles. The normalized spacial score (nSPS) is 17.4. The summed E-state index contributed by atoms with van der Waals surface area (Å²) in [5, 5.41) is 0. The number of hydrogen-bond acceptors (Lipinski definition) is 4. The molecule has 0 unspecified atom stereocenters. The Labute approximate surface area is 86.2 Å². The minimum Gasteiger partial charge on any atom is -0.379 e. The van der Waals surface area contributed by atoms with E-state index in [0.29, 0.717) is 0 Å². The topological polar surface area (TPSA) is 38.8 Å². The van der Waals surface area contributed by atoms with Gasteiger partial charge < -0.3 is 19.2 Å². The second-order valence-corrected chi connectivity index (χ2v) is 3.46. The number of carbonyl (C=O) groups is 1. The average Bonchev–Trinajstić information content (AvgIpc) is 2.17. The Bertz CT molecular complexity index is 133. The summed E-state index contributed by atoms with van der Waals surface area (Å²) in [5.41, 5.74) is 0. The van der Waals surface area contributed by atoms with Gasteiger partial charge in [0.2, 0.25) is 0 Å². The van der Waals surface area contributed by atoms with Gasteiger partial charge in [-0.25, -0.2) is 0 Å². The highest BCUT2D eigenvalue weighted by Crippen LogP contribution is 1.89. The van der Waals surface area contributed by atoms with Gasteiger partial charge >= 0.3 is 0 Å². The number of carbonyl (C=O) groups excluding carboxylic acids is 1. The fourth-order valence-corrected chi connectivity index (χ4v) is 0.886. The molecular weight excluding hydrogens is 182 g/mol. The minimum absolute atomic E-state index is 0.171. The number of aldehydes is 1. The number of likely N-dealkylation sites (N-methyl/N-ethyl adjacent to an activating group) is 1. The first-order chi connectivity index (χ1) is 6.66. The van der Waals surface area contributed by atoms with Crippen molar-refractivity contribution in [1.29, 1.82) is 0 Å². The van der Waals surface area contributed by atoms with Crippen molar-refractivity contribution in [2.45, 2.75) is 20.0 Å². The summed E-state index contributed by atoms with van der Waals surface area (Å²) in [4.78, 5) is 11.9. The largest absolute Gasteiger partial charge is 0.379 e. The van der Waals surface area contributed by atoms with Gasteiger partial charge in [-0.15, -0.1) is 0 Å². The molecule has 0 bridgehead atoms. The highest BCUT2D eigenvalue weighted by Gasteiger charge is 2.02. The van der Waals surface area contributed by atoms with Crippen LogP contribution in [0.1, 0.15) is 13.8 Å². The molecule has 1 saturated heterocycles. The Morgan fingerprint density at radius 1 is 1.43 bits per heavy atom. The Morgan fingerprint density at radius 3 is 2.21 bits per heavy atom. The number of rotatable bonds is 3. The van der Waals surface area contributed by atoms with Gasteiger partial charge in [0.15, 0.2) is 0 Å². The molecule has 0 aromatic heterocycles. The van der Waals surface area contributed by atoms with Gasteiger partial charge in [-0.3, -0.25) is 0 Å². The molecule has 0 amide bonds. The number of hydrogen-bond donors (Lipinski definition) is 0. The summed E-state index contributed by atoms with van der Waals surface area (Å²) in [6.45, 7) is 8.03. The van der Waals surface area contributed by atoms with Crippen LogP contribution in [-0.4, -0.2) is 57.2 Å². The first-order valence-corrected chi connectivity index (χ1v) is 4.98. The molecule has 1 aliphatic rings. The molecule has 0 N–H and O–H groups in total. The van der Waals surface area contributed by atoms with E-state index in [0.717, 1.165) is 32.6 Å². The summed E-state index contributed by atoms with van der Waals surface area (Å²) < 4.78 is 9.92. The van der Waals surface area contributed by atoms with Crippen LogP contribution in [0.2, 0.25) is 0 Å². The molecular formula is C10H21NO3. The van der Waals surface area contributed by atoms with Gasteiger partial charge in [-0.1, -0.05) is 0 Å². The lowest BCUT2D eigenvalue weighted by atomic mass is 10.5. The van der Waals surface area contributed by atoms with Crippen LogP contribution < -0.4 is 0 Å². The van der Waals surface area contributed by atoms with Crippen molar-refractivity contribution in [2.75, 3.05) is 40.0 Å². The van der Waals surface area contributed by atoms with Gasteiger partial charge in [0.05, 0.1) is 19.3 Å². The Balaban J connectivity index is 0.000000241. The number of nitrogens with zero attached hydrogens (tertiary/aromatic N) is 1. The van der Waals surface area contributed by atoms with E-state index in [-0.39, 0.29) is 12.7 Å². The van der Waals surface area contributed by atoms with Crippen LogP contribution in [0, 0.1) is 0 Å². The Hall–Kier alpha value is -0.450. The van der Waals surface area contributed by atoms with Crippen LogP contribution in [0.15, 0.2) is 0 Å². The fraction of sp³-hybridized carbons (Fsp3) is 0.900. The van der Waals surface area contributed by atoms with Crippen LogP contribution in [0.5, 0.6) is 0 Å². The minimum atomic E-state index is 0.171. The molecule has 84 valence electrons. The molecule has 0 radical (unpaired) electrons. The molecule has 14 heavy (non-hydrogen) atoms. The van der Waals surface area contributed by atoms with Gasteiger partial charge in [0, 0.05) is 13.1 Å². The molecule has 4 nitrogen and oxygen atoms in total. The van der Waals surface area contributed by atoms with Crippen molar-refractivity contribution in [3.05, 3.63) is 0 Å². The lowest BCUT2D eigenvalue weighted by Crippen LogP contribution is -2.32. The van der Waals surface area contributed by atoms with Crippen LogP contribution in [0.3, 0.4) is 0 Å². The summed E-state index contributed by atoms with van der Waals surface area (Å²) in [6.07, 6.45) is 0.921. The Morgan fingerprint density at radius 2 is 2.00 bits per heavy atom. The molecule has 1 rings (SSSR count). The quantitative estimate of drug-likeness (QED) is 0.628. The van der Waals surface area contributed by atoms with Crippen LogP contribution in [0.25, 0.3) is 0 Å². The molecule has 0 aromatic rings. The van der Waals surface area contributed by atoms with E-state index in [1.54, 1.807) is 0 Å². The first-order valence-electron chi connectivity index (χ1n) is 4.98. The molecule has 1 fully saturated rings. The molecule has 1 heterocycles. The zero-order valence-corrected chi connectivity index (χ0v) is 9.36. The maximum atomic E-state index is 9.58. The van der Waals surface area contributed by atoms with Crippen molar-refractivity contribution < 1.29 is 14.3 Å². The van der Waals surface area contributed by atoms with Gasteiger partial charge in [-0.05, 0) is 20.9 Å². The van der Waals surface area contributed by atoms with E-state index in [1.165, 1.54) is 0 Å². The average molecular weight is 203 g/mol. The second-order valence-electron chi connectivity index (χ2n) is 3.46. The van der Waals surface area contributed by atoms with E-state index in [1.807, 2.05) is 13.8 Å². The van der Waals surface area contributed by atoms with E-state index < -0.39 is 0 Å². The summed E-state index contributed by atoms with van der Waals surface area (Å²) >= 11 is 0. The van der Waals surface area contributed by atoms with Crippen molar-refractivity contribution >= 4 is 6.29 Å². The molecule has 0 saturated carbocycles. The van der Waals surface area contributed by atoms with Crippen molar-refractivity contribution in [2.24, 2.45) is 0 Å². The van der Waals surface area contributed by atoms with Crippen LogP contribution in [0.4, 0.5) is 0 Å². The zero-order chi connectivity index (χ0) is 10.8. The standard InChI is InChI=1S/C5H11NO.C5H10O2/c1-6-2-4-7-5-3-6;1-5(2)7-4-3-6/h2-5H2,1H3;3,5H,4H2,1-2H3. The molecule has 4 heteroatoms. The van der Waals surface area contributed by atoms with Crippen molar-refractivity contribution in [3.63, 3.8) is 0 Å². The first kappa shape index (κ1) is 13.5. The lowest BCUT2D eigenvalue weighted by Gasteiger charge is -2.21. The van der Waals surface area contributed by atoms with E-state index in [4.69, 9.17) is 9.47 Å². The highest BCUT2D eigenvalue weighted by molar-refractivity contribution is 5.50. The van der Waals surface area contributed by atoms with Crippen molar-refractivity contribution in [1.82, 2.24) is 4.90 Å².